The molecule has 1 fully saturated rings. The van der Waals surface area contributed by atoms with Gasteiger partial charge in [-0.1, -0.05) is 22.0 Å². The molecule has 0 unspecified atom stereocenters. The van der Waals surface area contributed by atoms with E-state index >= 15 is 0 Å². The van der Waals surface area contributed by atoms with E-state index in [0.29, 0.717) is 20.4 Å². The van der Waals surface area contributed by atoms with Gasteiger partial charge in [0.1, 0.15) is 5.75 Å². The van der Waals surface area contributed by atoms with E-state index in [-0.39, 0.29) is 24.4 Å². The molecule has 0 spiro atoms. The standard InChI is InChI=1S/C20H20Br2N4O5S/c1-31-17-4-2-3-15(9-17)26(20(27)28)11-16-8-14(10-25(16)12-23)24-32(29,30)19-7-13(21)5-6-18(19)22/h2-7,9,14,16,24H,8,10-11H2,1H3,(H,27,28)/t14-,16-/m1/s1. The van der Waals surface area contributed by atoms with Crippen molar-refractivity contribution in [1.29, 1.82) is 5.26 Å². The summed E-state index contributed by atoms with van der Waals surface area (Å²) in [6.45, 7) is 0.131. The molecule has 2 atom stereocenters. The number of anilines is 1. The monoisotopic (exact) mass is 586 g/mol. The van der Waals surface area contributed by atoms with Crippen LogP contribution in [-0.2, 0) is 10.0 Å². The molecule has 9 nitrogen and oxygen atoms in total. The molecule has 1 amide bonds. The van der Waals surface area contributed by atoms with E-state index < -0.39 is 28.2 Å². The Morgan fingerprint density at radius 3 is 2.75 bits per heavy atom. The first-order valence-electron chi connectivity index (χ1n) is 9.43. The Hall–Kier alpha value is -2.33. The molecule has 0 aliphatic carbocycles. The fourth-order valence-electron chi connectivity index (χ4n) is 3.55. The Balaban J connectivity index is 1.78. The van der Waals surface area contributed by atoms with Crippen LogP contribution >= 0.6 is 31.9 Å². The minimum atomic E-state index is -3.87. The predicted molar refractivity (Wildman–Crippen MR) is 125 cm³/mol. The van der Waals surface area contributed by atoms with E-state index in [4.69, 9.17) is 4.74 Å². The van der Waals surface area contributed by atoms with Gasteiger partial charge in [0, 0.05) is 27.6 Å². The van der Waals surface area contributed by atoms with Crippen molar-refractivity contribution >= 4 is 53.7 Å². The van der Waals surface area contributed by atoms with Gasteiger partial charge in [0.15, 0.2) is 6.19 Å². The molecule has 0 radical (unpaired) electrons. The smallest absolute Gasteiger partial charge is 0.411 e. The molecule has 0 bridgehead atoms. The number of hydrogen-bond acceptors (Lipinski definition) is 6. The van der Waals surface area contributed by atoms with E-state index in [0.717, 1.165) is 4.90 Å². The highest BCUT2D eigenvalue weighted by Gasteiger charge is 2.37. The van der Waals surface area contributed by atoms with Gasteiger partial charge in [0.25, 0.3) is 0 Å². The summed E-state index contributed by atoms with van der Waals surface area (Å²) >= 11 is 6.52. The third-order valence-electron chi connectivity index (χ3n) is 5.04. The van der Waals surface area contributed by atoms with Crippen LogP contribution in [0.4, 0.5) is 10.5 Å². The molecule has 1 aliphatic rings. The minimum Gasteiger partial charge on any atom is -0.497 e. The summed E-state index contributed by atoms with van der Waals surface area (Å²) in [7, 11) is -2.38. The van der Waals surface area contributed by atoms with Gasteiger partial charge in [-0.25, -0.2) is 17.9 Å². The third kappa shape index (κ3) is 5.53. The Morgan fingerprint density at radius 2 is 2.09 bits per heavy atom. The van der Waals surface area contributed by atoms with Crippen LogP contribution < -0.4 is 14.4 Å². The van der Waals surface area contributed by atoms with Gasteiger partial charge in [-0.2, -0.15) is 5.26 Å². The Morgan fingerprint density at radius 1 is 1.34 bits per heavy atom. The van der Waals surface area contributed by atoms with Gasteiger partial charge >= 0.3 is 6.09 Å². The molecule has 1 saturated heterocycles. The fraction of sp³-hybridized carbons (Fsp3) is 0.300. The van der Waals surface area contributed by atoms with Crippen molar-refractivity contribution in [2.75, 3.05) is 25.1 Å². The molecule has 3 rings (SSSR count). The van der Waals surface area contributed by atoms with Crippen LogP contribution in [0.15, 0.2) is 56.3 Å². The zero-order valence-electron chi connectivity index (χ0n) is 16.9. The quantitative estimate of drug-likeness (QED) is 0.474. The number of benzene rings is 2. The number of ether oxygens (including phenoxy) is 1. The Kier molecular flexibility index (Phi) is 7.66. The van der Waals surface area contributed by atoms with Crippen LogP contribution in [0.2, 0.25) is 0 Å². The normalized spacial score (nSPS) is 18.2. The lowest BCUT2D eigenvalue weighted by molar-refractivity contribution is 0.199. The van der Waals surface area contributed by atoms with E-state index in [1.807, 2.05) is 6.19 Å². The lowest BCUT2D eigenvalue weighted by atomic mass is 10.1. The molecule has 0 aromatic heterocycles. The van der Waals surface area contributed by atoms with Crippen LogP contribution in [0.25, 0.3) is 0 Å². The summed E-state index contributed by atoms with van der Waals surface area (Å²) in [6, 6.07) is 10.4. The summed E-state index contributed by atoms with van der Waals surface area (Å²) in [5, 5.41) is 19.3. The summed E-state index contributed by atoms with van der Waals surface area (Å²) in [6.07, 6.45) is 1.13. The van der Waals surface area contributed by atoms with Gasteiger partial charge in [-0.05, 0) is 52.7 Å². The van der Waals surface area contributed by atoms with E-state index in [1.165, 1.54) is 18.1 Å². The Bertz CT molecular complexity index is 1150. The van der Waals surface area contributed by atoms with Gasteiger partial charge in [0.2, 0.25) is 10.0 Å². The van der Waals surface area contributed by atoms with Crippen LogP contribution in [0, 0.1) is 11.5 Å². The lowest BCUT2D eigenvalue weighted by Crippen LogP contribution is -2.41. The molecule has 2 aromatic carbocycles. The number of hydrogen-bond donors (Lipinski definition) is 2. The van der Waals surface area contributed by atoms with Crippen LogP contribution in [0.5, 0.6) is 5.75 Å². The predicted octanol–water partition coefficient (Wildman–Crippen LogP) is 3.61. The highest BCUT2D eigenvalue weighted by Crippen LogP contribution is 2.28. The molecule has 32 heavy (non-hydrogen) atoms. The summed E-state index contributed by atoms with van der Waals surface area (Å²) in [5.41, 5.74) is 0.400. The number of carboxylic acid groups (broad SMARTS) is 1. The van der Waals surface area contributed by atoms with E-state index in [1.54, 1.807) is 36.4 Å². The number of nitrogens with one attached hydrogen (secondary N) is 1. The average Bonchev–Trinajstić information content (AvgIpc) is 3.14. The number of rotatable bonds is 7. The number of methoxy groups -OCH3 is 1. The molecular formula is C20H20Br2N4O5S. The van der Waals surface area contributed by atoms with Crippen molar-refractivity contribution in [3.05, 3.63) is 51.4 Å². The minimum absolute atomic E-state index is 0.00509. The number of carbonyl (C=O) groups is 1. The molecule has 1 aliphatic heterocycles. The van der Waals surface area contributed by atoms with Crippen LogP contribution in [0.3, 0.4) is 0 Å². The number of nitrogens with zero attached hydrogens (tertiary/aromatic N) is 3. The highest BCUT2D eigenvalue weighted by molar-refractivity contribution is 9.11. The number of likely N-dealkylation sites (tertiary alicyclic amines) is 1. The Labute approximate surface area is 202 Å². The summed E-state index contributed by atoms with van der Waals surface area (Å²) in [4.78, 5) is 14.5. The second-order valence-corrected chi connectivity index (χ2v) is 10.6. The van der Waals surface area contributed by atoms with Gasteiger partial charge < -0.3 is 14.7 Å². The zero-order valence-corrected chi connectivity index (χ0v) is 20.9. The molecular weight excluding hydrogens is 568 g/mol. The van der Waals surface area contributed by atoms with Crippen molar-refractivity contribution in [3.8, 4) is 11.9 Å². The molecule has 12 heteroatoms. The maximum atomic E-state index is 12.9. The first kappa shape index (κ1) is 24.3. The largest absolute Gasteiger partial charge is 0.497 e. The molecule has 170 valence electrons. The number of nitriles is 1. The van der Waals surface area contributed by atoms with Gasteiger partial charge in [-0.15, -0.1) is 0 Å². The topological polar surface area (TPSA) is 123 Å². The fourth-order valence-corrected chi connectivity index (χ4v) is 6.29. The maximum absolute atomic E-state index is 12.9. The van der Waals surface area contributed by atoms with Crippen molar-refractivity contribution in [1.82, 2.24) is 9.62 Å². The van der Waals surface area contributed by atoms with Crippen molar-refractivity contribution in [3.63, 3.8) is 0 Å². The summed E-state index contributed by atoms with van der Waals surface area (Å²) < 4.78 is 34.6. The molecule has 1 heterocycles. The molecule has 2 N–H and O–H groups in total. The van der Waals surface area contributed by atoms with E-state index in [9.17, 15) is 23.6 Å². The third-order valence-corrected chi connectivity index (χ3v) is 8.04. The van der Waals surface area contributed by atoms with Crippen molar-refractivity contribution in [2.24, 2.45) is 0 Å². The van der Waals surface area contributed by atoms with Crippen LogP contribution in [-0.4, -0.2) is 56.8 Å². The average molecular weight is 588 g/mol. The second kappa shape index (κ2) is 10.1. The second-order valence-electron chi connectivity index (χ2n) is 7.13. The van der Waals surface area contributed by atoms with E-state index in [2.05, 4.69) is 36.6 Å². The maximum Gasteiger partial charge on any atom is 0.411 e. The SMILES string of the molecule is COc1cccc(N(C[C@H]2C[C@@H](NS(=O)(=O)c3cc(Br)ccc3Br)CN2C#N)C(=O)O)c1. The van der Waals surface area contributed by atoms with Gasteiger partial charge in [0.05, 0.1) is 30.3 Å². The highest BCUT2D eigenvalue weighted by atomic mass is 79.9. The van der Waals surface area contributed by atoms with Crippen molar-refractivity contribution < 1.29 is 23.1 Å². The first-order valence-corrected chi connectivity index (χ1v) is 12.5. The number of amides is 1. The number of halogens is 2. The molecule has 0 saturated carbocycles. The zero-order chi connectivity index (χ0) is 23.5. The van der Waals surface area contributed by atoms with Crippen molar-refractivity contribution in [2.45, 2.75) is 23.4 Å². The lowest BCUT2D eigenvalue weighted by Gasteiger charge is -2.26. The molecule has 2 aromatic rings. The van der Waals surface area contributed by atoms with Crippen LogP contribution in [0.1, 0.15) is 6.42 Å². The summed E-state index contributed by atoms with van der Waals surface area (Å²) in [5.74, 6) is 0.502. The first-order chi connectivity index (χ1) is 15.1. The van der Waals surface area contributed by atoms with Gasteiger partial charge in [-0.3, -0.25) is 4.90 Å². The number of sulfonamides is 1.